The summed E-state index contributed by atoms with van der Waals surface area (Å²) in [6.45, 7) is 1.54. The molecule has 1 aliphatic heterocycles. The number of alkyl halides is 3. The molecular weight excluding hydrogens is 549 g/mol. The lowest BCUT2D eigenvalue weighted by Crippen LogP contribution is -2.47. The molecule has 4 heterocycles. The van der Waals surface area contributed by atoms with E-state index in [2.05, 4.69) is 24.7 Å². The van der Waals surface area contributed by atoms with Gasteiger partial charge in [0.15, 0.2) is 5.65 Å². The van der Waals surface area contributed by atoms with Crippen molar-refractivity contribution in [3.05, 3.63) is 60.3 Å². The van der Waals surface area contributed by atoms with Crippen molar-refractivity contribution in [2.45, 2.75) is 24.1 Å². The summed E-state index contributed by atoms with van der Waals surface area (Å²) < 4.78 is 77.2. The fourth-order valence-electron chi connectivity index (χ4n) is 4.47. The van der Waals surface area contributed by atoms with Gasteiger partial charge in [0.25, 0.3) is 0 Å². The van der Waals surface area contributed by atoms with Gasteiger partial charge in [0.2, 0.25) is 10.0 Å². The van der Waals surface area contributed by atoms with Crippen LogP contribution in [0, 0.1) is 0 Å². The van der Waals surface area contributed by atoms with Crippen molar-refractivity contribution in [3.8, 4) is 22.6 Å². The largest absolute Gasteiger partial charge is 0.573 e. The van der Waals surface area contributed by atoms with Gasteiger partial charge in [0, 0.05) is 73.9 Å². The van der Waals surface area contributed by atoms with Gasteiger partial charge < -0.3 is 19.4 Å². The lowest BCUT2D eigenvalue weighted by atomic mass is 10.1. The molecule has 1 saturated heterocycles. The highest BCUT2D eigenvalue weighted by molar-refractivity contribution is 7.89. The second-order valence-electron chi connectivity index (χ2n) is 9.38. The number of sulfonamides is 1. The lowest BCUT2D eigenvalue weighted by molar-refractivity contribution is -0.274. The Morgan fingerprint density at radius 2 is 1.80 bits per heavy atom. The van der Waals surface area contributed by atoms with E-state index in [9.17, 15) is 21.6 Å². The fraction of sp³-hybridized carbons (Fsp3) is 0.346. The molecule has 5 rings (SSSR count). The quantitative estimate of drug-likeness (QED) is 0.338. The summed E-state index contributed by atoms with van der Waals surface area (Å²) in [7, 11) is -0.562. The van der Waals surface area contributed by atoms with Gasteiger partial charge in [-0.1, -0.05) is 0 Å². The summed E-state index contributed by atoms with van der Waals surface area (Å²) in [5.74, 6) is 0.692. The van der Waals surface area contributed by atoms with Gasteiger partial charge in [0.1, 0.15) is 17.3 Å². The van der Waals surface area contributed by atoms with Crippen LogP contribution in [0.15, 0.2) is 53.7 Å². The number of aryl methyl sites for hydroxylation is 2. The Morgan fingerprint density at radius 1 is 1.02 bits per heavy atom. The summed E-state index contributed by atoms with van der Waals surface area (Å²) in [6.07, 6.45) is -0.895. The highest BCUT2D eigenvalue weighted by Gasteiger charge is 2.34. The zero-order valence-electron chi connectivity index (χ0n) is 21.8. The standard InChI is InChI=1S/C26H27F3N6O4S/c1-34-9-11-35(12-10-34)40(36,37)20-4-5-21(23(15-20)39-26(27,28)29)17-13-22-25(31-16-17)33-24(32-22)6-3-18-14-19(38-2)7-8-30-18/h4-5,7-8,13-16H,3,6,9-12H2,1-2H3,(H,31,32,33). The van der Waals surface area contributed by atoms with E-state index in [1.54, 1.807) is 25.4 Å². The summed E-state index contributed by atoms with van der Waals surface area (Å²) in [5, 5.41) is 0. The van der Waals surface area contributed by atoms with E-state index in [0.717, 1.165) is 11.8 Å². The number of aromatic amines is 1. The summed E-state index contributed by atoms with van der Waals surface area (Å²) in [5.41, 5.74) is 2.07. The molecule has 0 saturated carbocycles. The molecule has 1 aliphatic rings. The molecule has 0 spiro atoms. The second kappa shape index (κ2) is 11.0. The molecule has 0 unspecified atom stereocenters. The van der Waals surface area contributed by atoms with E-state index in [-0.39, 0.29) is 23.5 Å². The maximum absolute atomic E-state index is 13.4. The van der Waals surface area contributed by atoms with Gasteiger partial charge in [-0.2, -0.15) is 4.31 Å². The smallest absolute Gasteiger partial charge is 0.497 e. The second-order valence-corrected chi connectivity index (χ2v) is 11.3. The highest BCUT2D eigenvalue weighted by Crippen LogP contribution is 2.37. The average molecular weight is 577 g/mol. The maximum Gasteiger partial charge on any atom is 0.573 e. The number of methoxy groups -OCH3 is 1. The van der Waals surface area contributed by atoms with Crippen LogP contribution in [0.2, 0.25) is 0 Å². The van der Waals surface area contributed by atoms with Gasteiger partial charge in [-0.05, 0) is 37.7 Å². The van der Waals surface area contributed by atoms with Crippen molar-refractivity contribution in [1.29, 1.82) is 0 Å². The number of hydrogen-bond acceptors (Lipinski definition) is 8. The number of nitrogens with one attached hydrogen (secondary N) is 1. The van der Waals surface area contributed by atoms with Crippen LogP contribution in [-0.4, -0.2) is 84.3 Å². The first-order valence-electron chi connectivity index (χ1n) is 12.4. The first-order chi connectivity index (χ1) is 19.0. The number of benzene rings is 1. The Kier molecular flexibility index (Phi) is 7.66. The number of nitrogens with zero attached hydrogens (tertiary/aromatic N) is 5. The Hall–Kier alpha value is -3.75. The van der Waals surface area contributed by atoms with Crippen LogP contribution in [0.5, 0.6) is 11.5 Å². The Morgan fingerprint density at radius 3 is 2.52 bits per heavy atom. The molecule has 10 nitrogen and oxygen atoms in total. The molecule has 0 amide bonds. The Labute approximate surface area is 228 Å². The van der Waals surface area contributed by atoms with Crippen LogP contribution in [0.4, 0.5) is 13.2 Å². The van der Waals surface area contributed by atoms with Gasteiger partial charge >= 0.3 is 6.36 Å². The number of fused-ring (bicyclic) bond motifs is 1. The molecule has 3 aromatic heterocycles. The summed E-state index contributed by atoms with van der Waals surface area (Å²) >= 11 is 0. The van der Waals surface area contributed by atoms with E-state index < -0.39 is 22.1 Å². The predicted octanol–water partition coefficient (Wildman–Crippen LogP) is 3.65. The van der Waals surface area contributed by atoms with Crippen molar-refractivity contribution in [1.82, 2.24) is 29.1 Å². The van der Waals surface area contributed by atoms with Gasteiger partial charge in [0.05, 0.1) is 17.5 Å². The van der Waals surface area contributed by atoms with Gasteiger partial charge in [-0.15, -0.1) is 13.2 Å². The van der Waals surface area contributed by atoms with Crippen molar-refractivity contribution in [2.24, 2.45) is 0 Å². The minimum Gasteiger partial charge on any atom is -0.497 e. The third-order valence-electron chi connectivity index (χ3n) is 6.62. The van der Waals surface area contributed by atoms with E-state index in [1.165, 1.54) is 22.6 Å². The average Bonchev–Trinajstić information content (AvgIpc) is 3.33. The van der Waals surface area contributed by atoms with Crippen LogP contribution in [0.1, 0.15) is 11.5 Å². The monoisotopic (exact) mass is 576 g/mol. The van der Waals surface area contributed by atoms with E-state index in [0.29, 0.717) is 54.2 Å². The minimum atomic E-state index is -5.03. The van der Waals surface area contributed by atoms with Crippen LogP contribution in [0.25, 0.3) is 22.3 Å². The molecule has 14 heteroatoms. The van der Waals surface area contributed by atoms with E-state index >= 15 is 0 Å². The molecule has 1 fully saturated rings. The topological polar surface area (TPSA) is 114 Å². The molecule has 0 bridgehead atoms. The molecule has 4 aromatic rings. The van der Waals surface area contributed by atoms with Crippen molar-refractivity contribution < 1.29 is 31.1 Å². The van der Waals surface area contributed by atoms with Crippen LogP contribution in [-0.2, 0) is 22.9 Å². The summed E-state index contributed by atoms with van der Waals surface area (Å²) in [6, 6.07) is 8.70. The number of piperazine rings is 1. The lowest BCUT2D eigenvalue weighted by Gasteiger charge is -2.31. The van der Waals surface area contributed by atoms with Crippen LogP contribution in [0.3, 0.4) is 0 Å². The zero-order chi connectivity index (χ0) is 28.5. The molecule has 212 valence electrons. The number of rotatable bonds is 8. The van der Waals surface area contributed by atoms with Crippen LogP contribution >= 0.6 is 0 Å². The Bertz CT molecular complexity index is 1620. The van der Waals surface area contributed by atoms with Crippen molar-refractivity contribution in [3.63, 3.8) is 0 Å². The number of likely N-dealkylation sites (N-methyl/N-ethyl adjacent to an activating group) is 1. The number of ether oxygens (including phenoxy) is 2. The first-order valence-corrected chi connectivity index (χ1v) is 13.9. The normalized spacial score (nSPS) is 15.4. The van der Waals surface area contributed by atoms with Crippen molar-refractivity contribution in [2.75, 3.05) is 40.3 Å². The number of pyridine rings is 2. The van der Waals surface area contributed by atoms with E-state index in [4.69, 9.17) is 4.74 Å². The molecule has 0 radical (unpaired) electrons. The van der Waals surface area contributed by atoms with Crippen LogP contribution < -0.4 is 9.47 Å². The first kappa shape index (κ1) is 27.8. The number of halogens is 3. The molecule has 40 heavy (non-hydrogen) atoms. The predicted molar refractivity (Wildman–Crippen MR) is 140 cm³/mol. The van der Waals surface area contributed by atoms with Gasteiger partial charge in [-0.3, -0.25) is 4.98 Å². The minimum absolute atomic E-state index is 0.0424. The summed E-state index contributed by atoms with van der Waals surface area (Å²) in [4.78, 5) is 17.9. The number of hydrogen-bond donors (Lipinski definition) is 1. The zero-order valence-corrected chi connectivity index (χ0v) is 22.6. The molecule has 0 aliphatic carbocycles. The number of aromatic nitrogens is 4. The molecular formula is C26H27F3N6O4S. The number of imidazole rings is 1. The molecule has 1 aromatic carbocycles. The fourth-order valence-corrected chi connectivity index (χ4v) is 5.91. The SMILES string of the molecule is COc1ccnc(CCc2nc3ncc(-c4ccc(S(=O)(=O)N5CCN(C)CC5)cc4OC(F)(F)F)cc3[nH]2)c1. The third-order valence-corrected chi connectivity index (χ3v) is 8.51. The molecule has 1 N–H and O–H groups in total. The van der Waals surface area contributed by atoms with E-state index in [1.807, 2.05) is 18.0 Å². The maximum atomic E-state index is 13.4. The third kappa shape index (κ3) is 6.18. The Balaban J connectivity index is 1.43. The highest BCUT2D eigenvalue weighted by atomic mass is 32.2. The van der Waals surface area contributed by atoms with Crippen molar-refractivity contribution >= 4 is 21.2 Å². The molecule has 0 atom stereocenters. The van der Waals surface area contributed by atoms with Gasteiger partial charge in [-0.25, -0.2) is 18.4 Å². The number of H-pyrrole nitrogens is 1.